The fourth-order valence-electron chi connectivity index (χ4n) is 3.40. The van der Waals surface area contributed by atoms with Crippen LogP contribution in [0.5, 0.6) is 11.5 Å². The minimum Gasteiger partial charge on any atom is -0.497 e. The first kappa shape index (κ1) is 18.4. The Labute approximate surface area is 164 Å². The number of anilines is 1. The van der Waals surface area contributed by atoms with Crippen molar-refractivity contribution in [3.05, 3.63) is 54.5 Å². The van der Waals surface area contributed by atoms with E-state index in [0.717, 1.165) is 36.5 Å². The van der Waals surface area contributed by atoms with Gasteiger partial charge >= 0.3 is 0 Å². The van der Waals surface area contributed by atoms with Gasteiger partial charge in [-0.2, -0.15) is 0 Å². The lowest BCUT2D eigenvalue weighted by Gasteiger charge is -2.13. The fraction of sp³-hybridized carbons (Fsp3) is 0.250. The average molecular weight is 399 g/mol. The highest BCUT2D eigenvalue weighted by Gasteiger charge is 2.21. The molecular formula is C20H21N3O4S. The third-order valence-corrected chi connectivity index (χ3v) is 6.22. The number of nitrogens with one attached hydrogen (secondary N) is 1. The zero-order chi connectivity index (χ0) is 19.7. The molecule has 0 aliphatic carbocycles. The summed E-state index contributed by atoms with van der Waals surface area (Å²) in [5.74, 6) is 1.79. The molecule has 0 atom stereocenters. The summed E-state index contributed by atoms with van der Waals surface area (Å²) in [4.78, 5) is 4.48. The molecule has 1 aromatic heterocycles. The summed E-state index contributed by atoms with van der Waals surface area (Å²) in [6.45, 7) is 0.967. The van der Waals surface area contributed by atoms with Crippen LogP contribution in [0.4, 0.5) is 5.69 Å². The number of methoxy groups -OCH3 is 2. The van der Waals surface area contributed by atoms with Crippen molar-refractivity contribution >= 4 is 15.7 Å². The van der Waals surface area contributed by atoms with Crippen LogP contribution in [0.25, 0.3) is 11.3 Å². The second-order valence-electron chi connectivity index (χ2n) is 6.51. The first-order valence-corrected chi connectivity index (χ1v) is 10.4. The van der Waals surface area contributed by atoms with Crippen LogP contribution in [-0.2, 0) is 23.0 Å². The van der Waals surface area contributed by atoms with Crippen molar-refractivity contribution in [2.24, 2.45) is 0 Å². The van der Waals surface area contributed by atoms with Gasteiger partial charge in [-0.05, 0) is 36.2 Å². The van der Waals surface area contributed by atoms with Gasteiger partial charge < -0.3 is 14.0 Å². The van der Waals surface area contributed by atoms with Crippen LogP contribution in [0.2, 0.25) is 0 Å². The van der Waals surface area contributed by atoms with Crippen LogP contribution in [0, 0.1) is 0 Å². The van der Waals surface area contributed by atoms with Crippen LogP contribution in [-0.4, -0.2) is 32.2 Å². The van der Waals surface area contributed by atoms with E-state index in [1.54, 1.807) is 24.3 Å². The Bertz CT molecular complexity index is 1100. The number of rotatable bonds is 6. The molecule has 0 saturated heterocycles. The van der Waals surface area contributed by atoms with Gasteiger partial charge in [-0.1, -0.05) is 12.1 Å². The highest BCUT2D eigenvalue weighted by molar-refractivity contribution is 7.92. The topological polar surface area (TPSA) is 82.4 Å². The van der Waals surface area contributed by atoms with E-state index in [0.29, 0.717) is 11.4 Å². The molecule has 2 aromatic carbocycles. The molecule has 0 spiro atoms. The maximum Gasteiger partial charge on any atom is 0.265 e. The minimum atomic E-state index is -3.84. The van der Waals surface area contributed by atoms with Gasteiger partial charge in [-0.25, -0.2) is 13.4 Å². The number of ether oxygens (including phenoxy) is 2. The number of nitrogens with zero attached hydrogens (tertiary/aromatic N) is 2. The molecule has 0 saturated carbocycles. The standard InChI is InChI=1S/C20H21N3O4S/c1-26-16-9-10-18(27-2)19(12-16)28(24,25)22-15-7-5-14(6-8-15)17-13-21-20-4-3-11-23(17)20/h5-10,12-13,22H,3-4,11H2,1-2H3. The Balaban J connectivity index is 1.60. The minimum absolute atomic E-state index is 0.0204. The summed E-state index contributed by atoms with van der Waals surface area (Å²) in [5, 5.41) is 0. The molecule has 1 N–H and O–H groups in total. The predicted octanol–water partition coefficient (Wildman–Crippen LogP) is 3.31. The third-order valence-electron chi connectivity index (χ3n) is 4.81. The van der Waals surface area contributed by atoms with Crippen molar-refractivity contribution in [3.8, 4) is 22.8 Å². The summed E-state index contributed by atoms with van der Waals surface area (Å²) in [6.07, 6.45) is 3.98. The molecule has 7 nitrogen and oxygen atoms in total. The number of hydrogen-bond donors (Lipinski definition) is 1. The fourth-order valence-corrected chi connectivity index (χ4v) is 4.65. The second-order valence-corrected chi connectivity index (χ2v) is 8.17. The molecule has 4 rings (SSSR count). The Morgan fingerprint density at radius 3 is 2.57 bits per heavy atom. The van der Waals surface area contributed by atoms with Crippen LogP contribution < -0.4 is 14.2 Å². The average Bonchev–Trinajstić information content (AvgIpc) is 3.32. The van der Waals surface area contributed by atoms with Gasteiger partial charge in [0.25, 0.3) is 10.0 Å². The molecular weight excluding hydrogens is 378 g/mol. The molecule has 3 aromatic rings. The van der Waals surface area contributed by atoms with E-state index in [1.165, 1.54) is 20.3 Å². The van der Waals surface area contributed by atoms with Crippen molar-refractivity contribution in [2.45, 2.75) is 24.3 Å². The quantitative estimate of drug-likeness (QED) is 0.688. The van der Waals surface area contributed by atoms with Gasteiger partial charge in [-0.15, -0.1) is 0 Å². The highest BCUT2D eigenvalue weighted by atomic mass is 32.2. The number of benzene rings is 2. The maximum atomic E-state index is 12.9. The van der Waals surface area contributed by atoms with E-state index in [-0.39, 0.29) is 10.6 Å². The molecule has 8 heteroatoms. The van der Waals surface area contributed by atoms with E-state index in [9.17, 15) is 8.42 Å². The van der Waals surface area contributed by atoms with Crippen LogP contribution in [0.3, 0.4) is 0 Å². The van der Waals surface area contributed by atoms with Crippen molar-refractivity contribution in [3.63, 3.8) is 0 Å². The molecule has 1 aliphatic heterocycles. The Hall–Kier alpha value is -3.00. The van der Waals surface area contributed by atoms with Crippen molar-refractivity contribution < 1.29 is 17.9 Å². The van der Waals surface area contributed by atoms with Gasteiger partial charge in [0.15, 0.2) is 0 Å². The lowest BCUT2D eigenvalue weighted by molar-refractivity contribution is 0.392. The number of aryl methyl sites for hydroxylation is 1. The number of imidazole rings is 1. The summed E-state index contributed by atoms with van der Waals surface area (Å²) in [5.41, 5.74) is 2.52. The Kier molecular flexibility index (Phi) is 4.72. The van der Waals surface area contributed by atoms with Gasteiger partial charge in [0.05, 0.1) is 26.1 Å². The second kappa shape index (κ2) is 7.20. The third kappa shape index (κ3) is 3.31. The normalized spacial score (nSPS) is 13.2. The van der Waals surface area contributed by atoms with Crippen LogP contribution >= 0.6 is 0 Å². The lowest BCUT2D eigenvalue weighted by atomic mass is 10.1. The van der Waals surface area contributed by atoms with Gasteiger partial charge in [0, 0.05) is 24.7 Å². The number of sulfonamides is 1. The van der Waals surface area contributed by atoms with E-state index in [4.69, 9.17) is 9.47 Å². The van der Waals surface area contributed by atoms with E-state index >= 15 is 0 Å². The largest absolute Gasteiger partial charge is 0.497 e. The zero-order valence-electron chi connectivity index (χ0n) is 15.7. The van der Waals surface area contributed by atoms with Crippen molar-refractivity contribution in [2.75, 3.05) is 18.9 Å². The highest BCUT2D eigenvalue weighted by Crippen LogP contribution is 2.31. The van der Waals surface area contributed by atoms with E-state index in [2.05, 4.69) is 14.3 Å². The Morgan fingerprint density at radius 1 is 1.07 bits per heavy atom. The smallest absolute Gasteiger partial charge is 0.265 e. The summed E-state index contributed by atoms with van der Waals surface area (Å²) < 4.78 is 40.9. The van der Waals surface area contributed by atoms with Crippen molar-refractivity contribution in [1.29, 1.82) is 0 Å². The van der Waals surface area contributed by atoms with Crippen molar-refractivity contribution in [1.82, 2.24) is 9.55 Å². The van der Waals surface area contributed by atoms with Crippen LogP contribution in [0.15, 0.2) is 53.6 Å². The number of aromatic nitrogens is 2. The first-order chi connectivity index (χ1) is 13.5. The SMILES string of the molecule is COc1ccc(OC)c(S(=O)(=O)Nc2ccc(-c3cnc4n3CCC4)cc2)c1. The van der Waals surface area contributed by atoms with Gasteiger partial charge in [-0.3, -0.25) is 4.72 Å². The Morgan fingerprint density at radius 2 is 1.86 bits per heavy atom. The first-order valence-electron chi connectivity index (χ1n) is 8.91. The van der Waals surface area contributed by atoms with Gasteiger partial charge in [0.1, 0.15) is 22.2 Å². The molecule has 28 heavy (non-hydrogen) atoms. The predicted molar refractivity (Wildman–Crippen MR) is 106 cm³/mol. The molecule has 146 valence electrons. The van der Waals surface area contributed by atoms with Gasteiger partial charge in [0.2, 0.25) is 0 Å². The number of hydrogen-bond acceptors (Lipinski definition) is 5. The molecule has 0 radical (unpaired) electrons. The summed E-state index contributed by atoms with van der Waals surface area (Å²) in [7, 11) is -0.924. The monoisotopic (exact) mass is 399 g/mol. The van der Waals surface area contributed by atoms with Crippen LogP contribution in [0.1, 0.15) is 12.2 Å². The molecule has 1 aliphatic rings. The molecule has 0 fully saturated rings. The molecule has 0 bridgehead atoms. The van der Waals surface area contributed by atoms with E-state index in [1.807, 2.05) is 18.3 Å². The molecule has 0 amide bonds. The van der Waals surface area contributed by atoms with E-state index < -0.39 is 10.0 Å². The maximum absolute atomic E-state index is 12.9. The lowest BCUT2D eigenvalue weighted by Crippen LogP contribution is -2.14. The zero-order valence-corrected chi connectivity index (χ0v) is 16.5. The number of fused-ring (bicyclic) bond motifs is 1. The summed E-state index contributed by atoms with van der Waals surface area (Å²) >= 11 is 0. The molecule has 0 unspecified atom stereocenters. The summed E-state index contributed by atoms with van der Waals surface area (Å²) in [6, 6.07) is 11.9. The molecule has 2 heterocycles.